The van der Waals surface area contributed by atoms with E-state index in [4.69, 9.17) is 0 Å². The van der Waals surface area contributed by atoms with E-state index < -0.39 is 29.9 Å². The Morgan fingerprint density at radius 2 is 1.15 bits per heavy atom. The standard InChI is InChI=1S/C27H22O5S2/c28-26-25(22-16-15-20-9-7-8-10-21(20)19-22)17-18-27(26,33(29,30)23-11-3-1-4-12-23)34(31,32)24-13-5-2-6-14-24/h1-17,19,26,28H,18H2. The van der Waals surface area contributed by atoms with Crippen LogP contribution in [0.25, 0.3) is 16.3 Å². The summed E-state index contributed by atoms with van der Waals surface area (Å²) < 4.78 is 53.5. The lowest BCUT2D eigenvalue weighted by atomic mass is 9.99. The van der Waals surface area contributed by atoms with Crippen molar-refractivity contribution in [1.29, 1.82) is 0 Å². The van der Waals surface area contributed by atoms with E-state index in [1.54, 1.807) is 18.2 Å². The normalized spacial score (nSPS) is 18.0. The van der Waals surface area contributed by atoms with Gasteiger partial charge in [0.15, 0.2) is 0 Å². The lowest BCUT2D eigenvalue weighted by molar-refractivity contribution is 0.217. The van der Waals surface area contributed by atoms with Crippen LogP contribution >= 0.6 is 0 Å². The average molecular weight is 491 g/mol. The van der Waals surface area contributed by atoms with E-state index in [0.29, 0.717) is 5.56 Å². The van der Waals surface area contributed by atoms with Crippen LogP contribution in [0, 0.1) is 0 Å². The molecule has 7 heteroatoms. The highest BCUT2D eigenvalue weighted by molar-refractivity contribution is 8.10. The molecule has 0 bridgehead atoms. The fraction of sp³-hybridized carbons (Fsp3) is 0.111. The Morgan fingerprint density at radius 1 is 0.647 bits per heavy atom. The third-order valence-electron chi connectivity index (χ3n) is 6.42. The molecular formula is C27H22O5S2. The highest BCUT2D eigenvalue weighted by Gasteiger charge is 2.63. The Hall–Kier alpha value is -3.26. The van der Waals surface area contributed by atoms with Gasteiger partial charge in [-0.1, -0.05) is 78.9 Å². The summed E-state index contributed by atoms with van der Waals surface area (Å²) in [7, 11) is -9.06. The number of aliphatic hydroxyl groups excluding tert-OH is 1. The fourth-order valence-electron chi connectivity index (χ4n) is 4.61. The Labute approximate surface area is 198 Å². The first-order valence-electron chi connectivity index (χ1n) is 10.8. The molecule has 1 aliphatic rings. The molecule has 172 valence electrons. The van der Waals surface area contributed by atoms with Gasteiger partial charge in [-0.25, -0.2) is 16.8 Å². The first kappa shape index (κ1) is 22.5. The molecule has 0 aromatic heterocycles. The summed E-state index contributed by atoms with van der Waals surface area (Å²) in [5.41, 5.74) is 0.865. The summed E-state index contributed by atoms with van der Waals surface area (Å²) in [4.78, 5) is -0.302. The van der Waals surface area contributed by atoms with E-state index in [9.17, 15) is 21.9 Å². The number of hydrogen-bond acceptors (Lipinski definition) is 5. The summed E-state index contributed by atoms with van der Waals surface area (Å²) in [5.74, 6) is 0. The molecule has 0 saturated heterocycles. The van der Waals surface area contributed by atoms with Crippen molar-refractivity contribution in [2.75, 3.05) is 0 Å². The van der Waals surface area contributed by atoms with Crippen LogP contribution in [0.4, 0.5) is 0 Å². The maximum absolute atomic E-state index is 14.0. The molecule has 0 spiro atoms. The van der Waals surface area contributed by atoms with Crippen molar-refractivity contribution in [2.45, 2.75) is 26.4 Å². The van der Waals surface area contributed by atoms with Crippen molar-refractivity contribution in [2.24, 2.45) is 0 Å². The Balaban J connectivity index is 1.72. The topological polar surface area (TPSA) is 88.5 Å². The zero-order valence-corrected chi connectivity index (χ0v) is 19.7. The second-order valence-corrected chi connectivity index (χ2v) is 12.9. The van der Waals surface area contributed by atoms with Crippen molar-refractivity contribution < 1.29 is 21.9 Å². The Bertz CT molecular complexity index is 1540. The van der Waals surface area contributed by atoms with Crippen molar-refractivity contribution in [3.8, 4) is 0 Å². The van der Waals surface area contributed by atoms with E-state index >= 15 is 0 Å². The van der Waals surface area contributed by atoms with Gasteiger partial charge in [-0.2, -0.15) is 0 Å². The molecule has 1 aliphatic carbocycles. The third kappa shape index (κ3) is 3.23. The maximum Gasteiger partial charge on any atom is 0.215 e. The van der Waals surface area contributed by atoms with E-state index in [-0.39, 0.29) is 21.8 Å². The van der Waals surface area contributed by atoms with E-state index in [1.807, 2.05) is 36.4 Å². The highest BCUT2D eigenvalue weighted by atomic mass is 32.3. The van der Waals surface area contributed by atoms with Gasteiger partial charge in [0.05, 0.1) is 9.79 Å². The minimum Gasteiger partial charge on any atom is -0.386 e. The van der Waals surface area contributed by atoms with Gasteiger partial charge in [-0.15, -0.1) is 0 Å². The zero-order chi connectivity index (χ0) is 24.0. The van der Waals surface area contributed by atoms with Crippen LogP contribution in [-0.4, -0.2) is 32.1 Å². The second-order valence-electron chi connectivity index (χ2n) is 8.27. The average Bonchev–Trinajstić information content (AvgIpc) is 3.24. The molecule has 34 heavy (non-hydrogen) atoms. The number of benzene rings is 4. The van der Waals surface area contributed by atoms with E-state index in [0.717, 1.165) is 10.8 Å². The van der Waals surface area contributed by atoms with Crippen LogP contribution in [0.2, 0.25) is 0 Å². The minimum atomic E-state index is -4.53. The molecule has 0 aliphatic heterocycles. The van der Waals surface area contributed by atoms with E-state index in [1.165, 1.54) is 54.6 Å². The van der Waals surface area contributed by atoms with Gasteiger partial charge < -0.3 is 5.11 Å². The number of hydrogen-bond donors (Lipinski definition) is 1. The quantitative estimate of drug-likeness (QED) is 0.441. The van der Waals surface area contributed by atoms with Crippen molar-refractivity contribution in [3.63, 3.8) is 0 Å². The first-order valence-corrected chi connectivity index (χ1v) is 13.7. The van der Waals surface area contributed by atoms with E-state index in [2.05, 4.69) is 0 Å². The monoisotopic (exact) mass is 490 g/mol. The summed E-state index contributed by atoms with van der Waals surface area (Å²) >= 11 is 0. The van der Waals surface area contributed by atoms with Gasteiger partial charge in [0.2, 0.25) is 23.8 Å². The van der Waals surface area contributed by atoms with Crippen LogP contribution in [0.1, 0.15) is 12.0 Å². The Morgan fingerprint density at radius 3 is 1.71 bits per heavy atom. The minimum absolute atomic E-state index is 0.151. The largest absolute Gasteiger partial charge is 0.386 e. The molecule has 0 heterocycles. The second kappa shape index (κ2) is 8.20. The van der Waals surface area contributed by atoms with Crippen LogP contribution < -0.4 is 0 Å². The SMILES string of the molecule is O=S(=O)(c1ccccc1)C1(S(=O)(=O)c2ccccc2)CC=C(c2ccc3ccccc3c2)C1O. The Kier molecular flexibility index (Phi) is 5.43. The highest BCUT2D eigenvalue weighted by Crippen LogP contribution is 2.49. The van der Waals surface area contributed by atoms with Gasteiger partial charge in [0.25, 0.3) is 0 Å². The molecule has 1 unspecified atom stereocenters. The zero-order valence-electron chi connectivity index (χ0n) is 18.1. The molecule has 5 nitrogen and oxygen atoms in total. The smallest absolute Gasteiger partial charge is 0.215 e. The van der Waals surface area contributed by atoms with Crippen molar-refractivity contribution >= 4 is 36.0 Å². The van der Waals surface area contributed by atoms with Gasteiger partial charge >= 0.3 is 0 Å². The summed E-state index contributed by atoms with van der Waals surface area (Å²) in [6.07, 6.45) is -0.621. The molecular weight excluding hydrogens is 468 g/mol. The molecule has 0 fully saturated rings. The molecule has 0 saturated carbocycles. The molecule has 4 aromatic rings. The third-order valence-corrected chi connectivity index (χ3v) is 12.1. The fourth-order valence-corrected chi connectivity index (χ4v) is 9.62. The number of aliphatic hydroxyl groups is 1. The van der Waals surface area contributed by atoms with Crippen molar-refractivity contribution in [1.82, 2.24) is 0 Å². The van der Waals surface area contributed by atoms with Crippen molar-refractivity contribution in [3.05, 3.63) is 115 Å². The van der Waals surface area contributed by atoms with Gasteiger partial charge in [-0.05, 0) is 52.2 Å². The summed E-state index contributed by atoms with van der Waals surface area (Å²) in [6.45, 7) is 0. The van der Waals surface area contributed by atoms with Crippen LogP contribution in [0.15, 0.2) is 119 Å². The first-order chi connectivity index (χ1) is 16.3. The summed E-state index contributed by atoms with van der Waals surface area (Å²) in [6, 6.07) is 28.0. The lowest BCUT2D eigenvalue weighted by Gasteiger charge is -2.33. The van der Waals surface area contributed by atoms with Gasteiger partial charge in [0.1, 0.15) is 6.10 Å². The molecule has 0 amide bonds. The molecule has 1 atom stereocenters. The maximum atomic E-state index is 14.0. The number of rotatable bonds is 5. The van der Waals surface area contributed by atoms with Gasteiger partial charge in [-0.3, -0.25) is 0 Å². The molecule has 1 N–H and O–H groups in total. The predicted molar refractivity (Wildman–Crippen MR) is 133 cm³/mol. The number of allylic oxidation sites excluding steroid dienone is 1. The number of fused-ring (bicyclic) bond motifs is 1. The van der Waals surface area contributed by atoms with Crippen LogP contribution in [-0.2, 0) is 19.7 Å². The lowest BCUT2D eigenvalue weighted by Crippen LogP contribution is -2.53. The van der Waals surface area contributed by atoms with Crippen LogP contribution in [0.3, 0.4) is 0 Å². The number of sulfone groups is 2. The molecule has 0 radical (unpaired) electrons. The predicted octanol–water partition coefficient (Wildman–Crippen LogP) is 4.63. The molecule has 4 aromatic carbocycles. The van der Waals surface area contributed by atoms with Crippen LogP contribution in [0.5, 0.6) is 0 Å². The molecule has 5 rings (SSSR count). The summed E-state index contributed by atoms with van der Waals surface area (Å²) in [5, 5.41) is 13.5. The van der Waals surface area contributed by atoms with Gasteiger partial charge in [0, 0.05) is 6.42 Å².